The van der Waals surface area contributed by atoms with E-state index in [1.807, 2.05) is 25.1 Å². The van der Waals surface area contributed by atoms with Crippen LogP contribution in [0.25, 0.3) is 0 Å². The number of carbonyl (C=O) groups excluding carboxylic acids is 1. The van der Waals surface area contributed by atoms with E-state index >= 15 is 0 Å². The number of carbonyl (C=O) groups is 1. The first-order valence-electron chi connectivity index (χ1n) is 11.2. The molecule has 1 aliphatic rings. The SMILES string of the molecule is CCc1ccc2c(c1)C(NCC(O)C(Cc1cc(F)cc(F)c1)NC(=O)CNC)CS(=O)(=O)C2. The van der Waals surface area contributed by atoms with Gasteiger partial charge >= 0.3 is 0 Å². The third kappa shape index (κ3) is 7.05. The molecule has 34 heavy (non-hydrogen) atoms. The zero-order valence-corrected chi connectivity index (χ0v) is 20.1. The number of hydrogen-bond acceptors (Lipinski definition) is 6. The average Bonchev–Trinajstić information content (AvgIpc) is 2.75. The number of halogens is 2. The van der Waals surface area contributed by atoms with E-state index in [1.165, 1.54) is 0 Å². The number of hydrogen-bond donors (Lipinski definition) is 4. The van der Waals surface area contributed by atoms with Crippen LogP contribution in [-0.4, -0.2) is 57.5 Å². The van der Waals surface area contributed by atoms with Gasteiger partial charge in [0, 0.05) is 18.7 Å². The molecule has 2 aromatic carbocycles. The molecule has 0 aliphatic carbocycles. The summed E-state index contributed by atoms with van der Waals surface area (Å²) in [5, 5.41) is 19.4. The van der Waals surface area contributed by atoms with E-state index in [4.69, 9.17) is 0 Å². The van der Waals surface area contributed by atoms with Crippen molar-refractivity contribution < 1.29 is 27.1 Å². The van der Waals surface area contributed by atoms with Crippen molar-refractivity contribution in [3.05, 3.63) is 70.3 Å². The predicted molar refractivity (Wildman–Crippen MR) is 126 cm³/mol. The van der Waals surface area contributed by atoms with Gasteiger partial charge in [0.25, 0.3) is 0 Å². The van der Waals surface area contributed by atoms with Crippen LogP contribution in [0.5, 0.6) is 0 Å². The Morgan fingerprint density at radius 3 is 2.50 bits per heavy atom. The Bertz CT molecular complexity index is 1110. The highest BCUT2D eigenvalue weighted by Crippen LogP contribution is 2.29. The Kier molecular flexibility index (Phi) is 8.75. The fraction of sp³-hybridized carbons (Fsp3) is 0.458. The maximum atomic E-state index is 13.7. The molecule has 1 heterocycles. The molecule has 0 saturated carbocycles. The van der Waals surface area contributed by atoms with Crippen LogP contribution in [0.15, 0.2) is 36.4 Å². The van der Waals surface area contributed by atoms with E-state index in [1.54, 1.807) is 7.05 Å². The van der Waals surface area contributed by atoms with Gasteiger partial charge in [-0.15, -0.1) is 0 Å². The lowest BCUT2D eigenvalue weighted by atomic mass is 9.97. The van der Waals surface area contributed by atoms with Crippen LogP contribution in [0, 0.1) is 11.6 Å². The van der Waals surface area contributed by atoms with Crippen molar-refractivity contribution in [2.24, 2.45) is 0 Å². The molecule has 4 N–H and O–H groups in total. The van der Waals surface area contributed by atoms with Crippen molar-refractivity contribution in [2.75, 3.05) is 25.9 Å². The summed E-state index contributed by atoms with van der Waals surface area (Å²) in [6.07, 6.45) is -0.347. The normalized spacial score (nSPS) is 18.7. The Hall–Kier alpha value is -2.40. The monoisotopic (exact) mass is 495 g/mol. The standard InChI is InChI=1S/C24H31F2N3O4S/c1-3-15-4-5-17-13-34(32,33)14-22(20(17)8-15)28-11-23(30)21(29-24(31)12-27-2)9-16-6-18(25)10-19(26)7-16/h4-8,10,21-23,27-28,30H,3,9,11-14H2,1-2H3,(H,29,31). The zero-order chi connectivity index (χ0) is 24.9. The summed E-state index contributed by atoms with van der Waals surface area (Å²) in [6, 6.07) is 7.41. The van der Waals surface area contributed by atoms with Crippen molar-refractivity contribution in [1.82, 2.24) is 16.0 Å². The molecule has 0 saturated heterocycles. The van der Waals surface area contributed by atoms with Crippen molar-refractivity contribution >= 4 is 15.7 Å². The first-order chi connectivity index (χ1) is 16.1. The van der Waals surface area contributed by atoms with E-state index in [0.717, 1.165) is 41.3 Å². The number of aryl methyl sites for hydroxylation is 1. The minimum Gasteiger partial charge on any atom is -0.390 e. The lowest BCUT2D eigenvalue weighted by Gasteiger charge is -2.30. The number of rotatable bonds is 10. The number of nitrogens with one attached hydrogen (secondary N) is 3. The average molecular weight is 496 g/mol. The van der Waals surface area contributed by atoms with Crippen LogP contribution in [0.4, 0.5) is 8.78 Å². The van der Waals surface area contributed by atoms with Gasteiger partial charge < -0.3 is 21.1 Å². The van der Waals surface area contributed by atoms with E-state index in [0.29, 0.717) is 0 Å². The third-order valence-corrected chi connectivity index (χ3v) is 7.48. The number of fused-ring (bicyclic) bond motifs is 1. The van der Waals surface area contributed by atoms with Crippen molar-refractivity contribution in [3.8, 4) is 0 Å². The van der Waals surface area contributed by atoms with Gasteiger partial charge in [0.15, 0.2) is 9.84 Å². The largest absolute Gasteiger partial charge is 0.390 e. The summed E-state index contributed by atoms with van der Waals surface area (Å²) in [6.45, 7) is 1.99. The van der Waals surface area contributed by atoms with E-state index in [2.05, 4.69) is 16.0 Å². The van der Waals surface area contributed by atoms with Crippen LogP contribution < -0.4 is 16.0 Å². The highest BCUT2D eigenvalue weighted by atomic mass is 32.2. The lowest BCUT2D eigenvalue weighted by Crippen LogP contribution is -2.51. The number of aliphatic hydroxyl groups is 1. The molecule has 10 heteroatoms. The molecule has 2 aromatic rings. The molecule has 1 amide bonds. The number of sulfone groups is 1. The molecule has 1 aliphatic heterocycles. The topological polar surface area (TPSA) is 108 Å². The number of amides is 1. The van der Waals surface area contributed by atoms with Gasteiger partial charge in [-0.1, -0.05) is 25.1 Å². The molecule has 0 spiro atoms. The fourth-order valence-electron chi connectivity index (χ4n) is 4.22. The van der Waals surface area contributed by atoms with Gasteiger partial charge in [-0.3, -0.25) is 4.79 Å². The molecule has 0 fully saturated rings. The second kappa shape index (κ2) is 11.4. The van der Waals surface area contributed by atoms with E-state index < -0.39 is 39.7 Å². The summed E-state index contributed by atoms with van der Waals surface area (Å²) >= 11 is 0. The van der Waals surface area contributed by atoms with Crippen LogP contribution in [0.1, 0.15) is 35.2 Å². The molecule has 7 nitrogen and oxygen atoms in total. The van der Waals surface area contributed by atoms with Gasteiger partial charge in [0.1, 0.15) is 11.6 Å². The van der Waals surface area contributed by atoms with Crippen LogP contribution in [-0.2, 0) is 33.2 Å². The maximum absolute atomic E-state index is 13.7. The Balaban J connectivity index is 1.78. The second-order valence-corrected chi connectivity index (χ2v) is 10.8. The van der Waals surface area contributed by atoms with Crippen LogP contribution in [0.3, 0.4) is 0 Å². The van der Waals surface area contributed by atoms with E-state index in [-0.39, 0.29) is 42.5 Å². The van der Waals surface area contributed by atoms with Crippen molar-refractivity contribution in [1.29, 1.82) is 0 Å². The smallest absolute Gasteiger partial charge is 0.234 e. The first kappa shape index (κ1) is 26.2. The minimum atomic E-state index is -3.32. The molecular formula is C24H31F2N3O4S. The van der Waals surface area contributed by atoms with E-state index in [9.17, 15) is 27.1 Å². The molecule has 3 unspecified atom stereocenters. The summed E-state index contributed by atoms with van der Waals surface area (Å²) in [7, 11) is -1.73. The summed E-state index contributed by atoms with van der Waals surface area (Å²) < 4.78 is 52.2. The van der Waals surface area contributed by atoms with Gasteiger partial charge in [0.05, 0.1) is 30.2 Å². The number of aliphatic hydroxyl groups excluding tert-OH is 1. The predicted octanol–water partition coefficient (Wildman–Crippen LogP) is 1.39. The first-order valence-corrected chi connectivity index (χ1v) is 13.0. The Morgan fingerprint density at radius 1 is 1.15 bits per heavy atom. The molecule has 0 radical (unpaired) electrons. The van der Waals surface area contributed by atoms with Crippen molar-refractivity contribution in [3.63, 3.8) is 0 Å². The lowest BCUT2D eigenvalue weighted by molar-refractivity contribution is -0.121. The molecular weight excluding hydrogens is 464 g/mol. The Morgan fingerprint density at radius 2 is 1.85 bits per heavy atom. The van der Waals surface area contributed by atoms with Crippen molar-refractivity contribution in [2.45, 2.75) is 43.7 Å². The summed E-state index contributed by atoms with van der Waals surface area (Å²) in [4.78, 5) is 12.2. The quantitative estimate of drug-likeness (QED) is 0.397. The highest BCUT2D eigenvalue weighted by Gasteiger charge is 2.31. The maximum Gasteiger partial charge on any atom is 0.234 e. The van der Waals surface area contributed by atoms with Crippen LogP contribution in [0.2, 0.25) is 0 Å². The zero-order valence-electron chi connectivity index (χ0n) is 19.3. The molecule has 186 valence electrons. The van der Waals surface area contributed by atoms with Gasteiger partial charge in [-0.2, -0.15) is 0 Å². The van der Waals surface area contributed by atoms with Gasteiger partial charge in [-0.25, -0.2) is 17.2 Å². The molecule has 0 aromatic heterocycles. The second-order valence-electron chi connectivity index (χ2n) is 8.66. The minimum absolute atomic E-state index is 0.00218. The molecule has 3 rings (SSSR count). The van der Waals surface area contributed by atoms with Gasteiger partial charge in [-0.05, 0) is 54.3 Å². The summed E-state index contributed by atoms with van der Waals surface area (Å²) in [5.74, 6) is -2.02. The summed E-state index contributed by atoms with van der Waals surface area (Å²) in [5.41, 5.74) is 2.97. The highest BCUT2D eigenvalue weighted by molar-refractivity contribution is 7.90. The molecule has 0 bridgehead atoms. The number of benzene rings is 2. The fourth-order valence-corrected chi connectivity index (χ4v) is 5.88. The third-order valence-electron chi connectivity index (χ3n) is 5.89. The van der Waals surface area contributed by atoms with Gasteiger partial charge in [0.2, 0.25) is 5.91 Å². The molecule has 3 atom stereocenters. The Labute approximate surface area is 198 Å². The number of likely N-dealkylation sites (N-methyl/N-ethyl adjacent to an activating group) is 1. The van der Waals surface area contributed by atoms with Crippen LogP contribution >= 0.6 is 0 Å².